The Hall–Kier alpha value is -0.630. The van der Waals surface area contributed by atoms with Crippen LogP contribution in [0.15, 0.2) is 11.6 Å². The minimum Gasteiger partial charge on any atom is -0.393 e. The van der Waals surface area contributed by atoms with Gasteiger partial charge in [-0.2, -0.15) is 0 Å². The van der Waals surface area contributed by atoms with Crippen molar-refractivity contribution >= 4 is 5.78 Å². The first-order chi connectivity index (χ1) is 14.6. The summed E-state index contributed by atoms with van der Waals surface area (Å²) in [6.07, 6.45) is 14.4. The molecule has 0 aliphatic heterocycles. The molecule has 4 aliphatic carbocycles. The van der Waals surface area contributed by atoms with E-state index in [0.717, 1.165) is 37.0 Å². The van der Waals surface area contributed by atoms with E-state index in [1.807, 2.05) is 6.92 Å². The molecule has 0 spiro atoms. The molecular formula is C29H48O2. The van der Waals surface area contributed by atoms with E-state index in [1.54, 1.807) is 0 Å². The smallest absolute Gasteiger partial charge is 0.136 e. The molecule has 0 aromatic rings. The Morgan fingerprint density at radius 1 is 1.06 bits per heavy atom. The highest BCUT2D eigenvalue weighted by atomic mass is 16.3. The summed E-state index contributed by atoms with van der Waals surface area (Å²) >= 11 is 0. The molecule has 31 heavy (non-hydrogen) atoms. The predicted molar refractivity (Wildman–Crippen MR) is 129 cm³/mol. The van der Waals surface area contributed by atoms with Gasteiger partial charge in [-0.3, -0.25) is 4.79 Å². The molecule has 4 aliphatic rings. The van der Waals surface area contributed by atoms with Crippen molar-refractivity contribution in [3.8, 4) is 0 Å². The molecular weight excluding hydrogens is 380 g/mol. The van der Waals surface area contributed by atoms with Gasteiger partial charge in [0, 0.05) is 5.92 Å². The lowest BCUT2D eigenvalue weighted by Gasteiger charge is -2.60. The van der Waals surface area contributed by atoms with Crippen LogP contribution in [0.25, 0.3) is 0 Å². The van der Waals surface area contributed by atoms with Crippen molar-refractivity contribution in [2.24, 2.45) is 52.3 Å². The summed E-state index contributed by atoms with van der Waals surface area (Å²) in [6, 6.07) is 0. The average molecular weight is 429 g/mol. The second-order valence-electron chi connectivity index (χ2n) is 13.0. The van der Waals surface area contributed by atoms with Gasteiger partial charge in [0.05, 0.1) is 6.10 Å². The summed E-state index contributed by atoms with van der Waals surface area (Å²) < 4.78 is 0. The molecule has 3 fully saturated rings. The molecule has 0 aromatic carbocycles. The van der Waals surface area contributed by atoms with E-state index in [4.69, 9.17) is 0 Å². The summed E-state index contributed by atoms with van der Waals surface area (Å²) in [6.45, 7) is 14.1. The lowest BCUT2D eigenvalue weighted by atomic mass is 9.44. The van der Waals surface area contributed by atoms with E-state index in [-0.39, 0.29) is 17.4 Å². The van der Waals surface area contributed by atoms with Crippen LogP contribution in [0.5, 0.6) is 0 Å². The minimum absolute atomic E-state index is 0.0815. The Balaban J connectivity index is 1.60. The van der Waals surface area contributed by atoms with Crippen LogP contribution < -0.4 is 0 Å². The minimum atomic E-state index is -0.208. The molecule has 1 N–H and O–H groups in total. The van der Waals surface area contributed by atoms with Crippen LogP contribution in [0, 0.1) is 52.3 Å². The number of aliphatic hydroxyl groups is 1. The predicted octanol–water partition coefficient (Wildman–Crippen LogP) is 7.20. The topological polar surface area (TPSA) is 37.3 Å². The van der Waals surface area contributed by atoms with Gasteiger partial charge in [-0.25, -0.2) is 0 Å². The molecule has 9 atom stereocenters. The van der Waals surface area contributed by atoms with Crippen molar-refractivity contribution in [3.63, 3.8) is 0 Å². The SMILES string of the molecule is CC(=O)C1C=C2C[C@@H](O)CC[C@]2(C)[C@H]2CC[C@]3(C)[C@@H](C(C)CCCC(C)C)CC[C@H]3[C@H]12. The van der Waals surface area contributed by atoms with E-state index in [9.17, 15) is 9.90 Å². The summed E-state index contributed by atoms with van der Waals surface area (Å²) in [5.41, 5.74) is 2.02. The summed E-state index contributed by atoms with van der Waals surface area (Å²) in [5.74, 6) is 4.72. The van der Waals surface area contributed by atoms with E-state index in [0.29, 0.717) is 29.0 Å². The Morgan fingerprint density at radius 3 is 2.48 bits per heavy atom. The number of aliphatic hydroxyl groups excluding tert-OH is 1. The highest BCUT2D eigenvalue weighted by Gasteiger charge is 2.61. The third-order valence-corrected chi connectivity index (χ3v) is 10.8. The van der Waals surface area contributed by atoms with Gasteiger partial charge in [-0.15, -0.1) is 0 Å². The normalized spacial score (nSPS) is 45.5. The second-order valence-corrected chi connectivity index (χ2v) is 13.0. The van der Waals surface area contributed by atoms with Gasteiger partial charge in [-0.05, 0) is 98.2 Å². The molecule has 0 aromatic heterocycles. The maximum absolute atomic E-state index is 12.9. The standard InChI is InChI=1S/C29H48O2/c1-18(2)8-7-9-19(3)24-10-11-25-27-23(20(4)30)17-21-16-22(31)12-14-28(21,5)26(27)13-15-29(24,25)6/h17-19,22-27,31H,7-16H2,1-6H3/t19?,22-,23?,24+,25-,26-,27-,28-,29+/m0/s1. The molecule has 0 amide bonds. The van der Waals surface area contributed by atoms with Crippen LogP contribution in [0.3, 0.4) is 0 Å². The van der Waals surface area contributed by atoms with Gasteiger partial charge in [0.25, 0.3) is 0 Å². The number of rotatable bonds is 6. The van der Waals surface area contributed by atoms with Gasteiger partial charge in [0.1, 0.15) is 5.78 Å². The third-order valence-electron chi connectivity index (χ3n) is 10.8. The molecule has 2 heteroatoms. The van der Waals surface area contributed by atoms with E-state index < -0.39 is 0 Å². The number of hydrogen-bond donors (Lipinski definition) is 1. The van der Waals surface area contributed by atoms with Crippen molar-refractivity contribution in [2.75, 3.05) is 0 Å². The van der Waals surface area contributed by atoms with Crippen LogP contribution in [0.4, 0.5) is 0 Å². The van der Waals surface area contributed by atoms with Crippen LogP contribution in [0.2, 0.25) is 0 Å². The lowest BCUT2D eigenvalue weighted by Crippen LogP contribution is -2.54. The zero-order chi connectivity index (χ0) is 22.6. The Labute approximate surface area is 191 Å². The van der Waals surface area contributed by atoms with Gasteiger partial charge >= 0.3 is 0 Å². The van der Waals surface area contributed by atoms with Crippen LogP contribution >= 0.6 is 0 Å². The van der Waals surface area contributed by atoms with E-state index in [2.05, 4.69) is 40.7 Å². The lowest BCUT2D eigenvalue weighted by molar-refractivity contribution is -0.130. The molecule has 3 saturated carbocycles. The summed E-state index contributed by atoms with van der Waals surface area (Å²) in [7, 11) is 0. The van der Waals surface area contributed by atoms with Crippen molar-refractivity contribution in [1.82, 2.24) is 0 Å². The molecule has 0 bridgehead atoms. The fraction of sp³-hybridized carbons (Fsp3) is 0.897. The fourth-order valence-corrected chi connectivity index (χ4v) is 9.08. The highest BCUT2D eigenvalue weighted by Crippen LogP contribution is 2.68. The van der Waals surface area contributed by atoms with Gasteiger partial charge in [0.15, 0.2) is 0 Å². The number of Topliss-reactive ketones (excluding diaryl/α,β-unsaturated/α-hetero) is 1. The van der Waals surface area contributed by atoms with Crippen molar-refractivity contribution in [1.29, 1.82) is 0 Å². The number of allylic oxidation sites excluding steroid dienone is 1. The van der Waals surface area contributed by atoms with Crippen LogP contribution in [-0.2, 0) is 4.79 Å². The first-order valence-electron chi connectivity index (χ1n) is 13.5. The van der Waals surface area contributed by atoms with E-state index in [1.165, 1.54) is 50.5 Å². The van der Waals surface area contributed by atoms with Crippen molar-refractivity contribution in [2.45, 2.75) is 112 Å². The van der Waals surface area contributed by atoms with Crippen molar-refractivity contribution in [3.05, 3.63) is 11.6 Å². The molecule has 4 rings (SSSR count). The number of carbonyl (C=O) groups is 1. The maximum Gasteiger partial charge on any atom is 0.136 e. The quantitative estimate of drug-likeness (QED) is 0.454. The maximum atomic E-state index is 12.9. The zero-order valence-electron chi connectivity index (χ0n) is 21.1. The molecule has 0 heterocycles. The number of hydrogen-bond acceptors (Lipinski definition) is 2. The van der Waals surface area contributed by atoms with Crippen LogP contribution in [-0.4, -0.2) is 17.0 Å². The largest absolute Gasteiger partial charge is 0.393 e. The van der Waals surface area contributed by atoms with Crippen LogP contribution in [0.1, 0.15) is 106 Å². The fourth-order valence-electron chi connectivity index (χ4n) is 9.08. The Bertz CT molecular complexity index is 708. The summed E-state index contributed by atoms with van der Waals surface area (Å²) in [5, 5.41) is 10.3. The second kappa shape index (κ2) is 8.62. The van der Waals surface area contributed by atoms with Crippen molar-refractivity contribution < 1.29 is 9.90 Å². The van der Waals surface area contributed by atoms with Gasteiger partial charge < -0.3 is 5.11 Å². The number of fused-ring (bicyclic) bond motifs is 5. The first kappa shape index (κ1) is 23.5. The van der Waals surface area contributed by atoms with Gasteiger partial charge in [-0.1, -0.05) is 65.5 Å². The number of ketones is 1. The zero-order valence-corrected chi connectivity index (χ0v) is 21.1. The average Bonchev–Trinajstić information content (AvgIpc) is 3.05. The molecule has 0 saturated heterocycles. The Morgan fingerprint density at radius 2 is 1.81 bits per heavy atom. The molecule has 176 valence electrons. The van der Waals surface area contributed by atoms with E-state index >= 15 is 0 Å². The first-order valence-corrected chi connectivity index (χ1v) is 13.5. The van der Waals surface area contributed by atoms with Gasteiger partial charge in [0.2, 0.25) is 0 Å². The summed E-state index contributed by atoms with van der Waals surface area (Å²) in [4.78, 5) is 12.9. The number of carbonyl (C=O) groups excluding carboxylic acids is 1. The molecule has 2 unspecified atom stereocenters. The Kier molecular flexibility index (Phi) is 6.54. The third kappa shape index (κ3) is 3.98. The molecule has 0 radical (unpaired) electrons. The molecule has 2 nitrogen and oxygen atoms in total. The highest BCUT2D eigenvalue weighted by molar-refractivity contribution is 5.81. The monoisotopic (exact) mass is 428 g/mol.